The maximum atomic E-state index is 5.24. The Morgan fingerprint density at radius 3 is 1.38 bits per heavy atom. The van der Waals surface area contributed by atoms with Crippen LogP contribution in [0.1, 0.15) is 22.3 Å². The minimum atomic E-state index is -0.505. The Bertz CT molecular complexity index is 3490. The Hall–Kier alpha value is -8.53. The molecule has 10 aromatic carbocycles. The summed E-state index contributed by atoms with van der Waals surface area (Å²) in [5.41, 5.74) is 16.7. The lowest BCUT2D eigenvalue weighted by Crippen LogP contribution is -2.28. The van der Waals surface area contributed by atoms with Crippen LogP contribution in [0.5, 0.6) is 0 Å². The van der Waals surface area contributed by atoms with Crippen molar-refractivity contribution in [1.82, 2.24) is 15.0 Å². The van der Waals surface area contributed by atoms with E-state index in [4.69, 9.17) is 15.0 Å². The molecule has 0 aliphatic heterocycles. The average Bonchev–Trinajstić information content (AvgIpc) is 3.70. The molecule has 0 atom stereocenters. The predicted octanol–water partition coefficient (Wildman–Crippen LogP) is 15.4. The SMILES string of the molecule is c1ccc(-c2cccc(-c3nc(-c4ccccc4)nc(-c4cccc(-c5c(-c6cccc7c6-c6ccccc6C7(c6ccccc6)c6ccccc6)ccc6ccccc56)c4)n3)c2)cc1. The number of nitrogens with zero attached hydrogens (tertiary/aromatic N) is 3. The molecule has 11 aromatic rings. The highest BCUT2D eigenvalue weighted by Gasteiger charge is 2.46. The molecule has 0 unspecified atom stereocenters. The zero-order valence-corrected chi connectivity index (χ0v) is 35.5. The van der Waals surface area contributed by atoms with Crippen molar-refractivity contribution in [3.8, 4) is 78.7 Å². The molecule has 3 heteroatoms. The van der Waals surface area contributed by atoms with Crippen LogP contribution < -0.4 is 0 Å². The minimum absolute atomic E-state index is 0.505. The summed E-state index contributed by atoms with van der Waals surface area (Å²) in [4.78, 5) is 15.5. The third-order valence-corrected chi connectivity index (χ3v) is 13.0. The van der Waals surface area contributed by atoms with E-state index in [1.807, 2.05) is 24.3 Å². The first kappa shape index (κ1) is 38.2. The molecule has 0 spiro atoms. The van der Waals surface area contributed by atoms with Gasteiger partial charge in [0.2, 0.25) is 0 Å². The van der Waals surface area contributed by atoms with Crippen LogP contribution in [0, 0.1) is 0 Å². The van der Waals surface area contributed by atoms with E-state index in [0.29, 0.717) is 17.5 Å². The van der Waals surface area contributed by atoms with Crippen LogP contribution in [0.2, 0.25) is 0 Å². The lowest BCUT2D eigenvalue weighted by Gasteiger charge is -2.34. The number of aromatic nitrogens is 3. The standard InChI is InChI=1S/C62H41N3/c1-5-20-42(21-6-1)45-25-17-27-47(40-45)60-63-59(44-23-7-2-8-24-44)64-61(65-60)48-28-18-26-46(41-48)57-51-33-14-13-22-43(51)38-39-53(57)52-35-19-37-56-58(52)54-34-15-16-36-55(54)62(56,49-29-9-3-10-30-49)50-31-11-4-12-32-50/h1-41H. The van der Waals surface area contributed by atoms with Crippen LogP contribution in [0.15, 0.2) is 249 Å². The number of benzene rings is 10. The summed E-state index contributed by atoms with van der Waals surface area (Å²) in [6.07, 6.45) is 0. The van der Waals surface area contributed by atoms with Crippen LogP contribution in [-0.2, 0) is 5.41 Å². The van der Waals surface area contributed by atoms with E-state index in [1.165, 1.54) is 60.8 Å². The first-order valence-electron chi connectivity index (χ1n) is 22.2. The van der Waals surface area contributed by atoms with Crippen LogP contribution in [0.25, 0.3) is 89.4 Å². The second kappa shape index (κ2) is 16.0. The molecule has 65 heavy (non-hydrogen) atoms. The van der Waals surface area contributed by atoms with Crippen LogP contribution in [-0.4, -0.2) is 15.0 Å². The second-order valence-corrected chi connectivity index (χ2v) is 16.7. The fourth-order valence-corrected chi connectivity index (χ4v) is 10.2. The molecule has 0 fully saturated rings. The molecule has 1 aliphatic carbocycles. The van der Waals surface area contributed by atoms with Gasteiger partial charge in [-0.05, 0) is 89.7 Å². The number of hydrogen-bond donors (Lipinski definition) is 0. The zero-order chi connectivity index (χ0) is 43.2. The van der Waals surface area contributed by atoms with E-state index in [0.717, 1.165) is 33.4 Å². The van der Waals surface area contributed by atoms with Crippen LogP contribution >= 0.6 is 0 Å². The highest BCUT2D eigenvalue weighted by molar-refractivity contribution is 6.08. The summed E-state index contributed by atoms with van der Waals surface area (Å²) < 4.78 is 0. The first-order valence-corrected chi connectivity index (χ1v) is 22.2. The van der Waals surface area contributed by atoms with Crippen LogP contribution in [0.4, 0.5) is 0 Å². The van der Waals surface area contributed by atoms with Gasteiger partial charge in [0.1, 0.15) is 0 Å². The van der Waals surface area contributed by atoms with Crippen molar-refractivity contribution >= 4 is 10.8 Å². The Morgan fingerprint density at radius 2 is 0.708 bits per heavy atom. The molecule has 0 amide bonds. The molecule has 0 saturated heterocycles. The molecule has 12 rings (SSSR count). The maximum absolute atomic E-state index is 5.24. The average molecular weight is 828 g/mol. The van der Waals surface area contributed by atoms with Crippen molar-refractivity contribution in [3.63, 3.8) is 0 Å². The zero-order valence-electron chi connectivity index (χ0n) is 35.5. The fourth-order valence-electron chi connectivity index (χ4n) is 10.2. The third-order valence-electron chi connectivity index (χ3n) is 13.0. The molecule has 0 saturated carbocycles. The van der Waals surface area contributed by atoms with Gasteiger partial charge in [-0.1, -0.05) is 237 Å². The van der Waals surface area contributed by atoms with E-state index < -0.39 is 5.41 Å². The quantitative estimate of drug-likeness (QED) is 0.153. The predicted molar refractivity (Wildman–Crippen MR) is 267 cm³/mol. The van der Waals surface area contributed by atoms with Crippen LogP contribution in [0.3, 0.4) is 0 Å². The third kappa shape index (κ3) is 6.48. The van der Waals surface area contributed by atoms with Gasteiger partial charge in [-0.2, -0.15) is 0 Å². The summed E-state index contributed by atoms with van der Waals surface area (Å²) in [5, 5.41) is 2.36. The van der Waals surface area contributed by atoms with Gasteiger partial charge >= 0.3 is 0 Å². The minimum Gasteiger partial charge on any atom is -0.208 e. The molecule has 1 aliphatic rings. The lowest BCUT2D eigenvalue weighted by molar-refractivity contribution is 0.768. The Labute approximate surface area is 379 Å². The van der Waals surface area contributed by atoms with Gasteiger partial charge in [-0.25, -0.2) is 15.0 Å². The number of rotatable bonds is 8. The monoisotopic (exact) mass is 827 g/mol. The van der Waals surface area contributed by atoms with Crippen molar-refractivity contribution in [3.05, 3.63) is 271 Å². The molecule has 0 bridgehead atoms. The Morgan fingerprint density at radius 1 is 0.262 bits per heavy atom. The van der Waals surface area contributed by atoms with E-state index in [1.54, 1.807) is 0 Å². The van der Waals surface area contributed by atoms with Gasteiger partial charge in [0.25, 0.3) is 0 Å². The molecule has 0 radical (unpaired) electrons. The second-order valence-electron chi connectivity index (χ2n) is 16.7. The van der Waals surface area contributed by atoms with E-state index in [2.05, 4.69) is 224 Å². The highest BCUT2D eigenvalue weighted by Crippen LogP contribution is 2.59. The van der Waals surface area contributed by atoms with E-state index >= 15 is 0 Å². The van der Waals surface area contributed by atoms with Gasteiger partial charge in [0, 0.05) is 16.7 Å². The normalized spacial score (nSPS) is 12.4. The van der Waals surface area contributed by atoms with Crippen molar-refractivity contribution in [2.45, 2.75) is 5.41 Å². The molecular weight excluding hydrogens is 787 g/mol. The van der Waals surface area contributed by atoms with E-state index in [9.17, 15) is 0 Å². The summed E-state index contributed by atoms with van der Waals surface area (Å²) in [6.45, 7) is 0. The molecule has 3 nitrogen and oxygen atoms in total. The molecule has 1 aromatic heterocycles. The largest absolute Gasteiger partial charge is 0.208 e. The van der Waals surface area contributed by atoms with Crippen molar-refractivity contribution in [2.24, 2.45) is 0 Å². The highest BCUT2D eigenvalue weighted by atomic mass is 15.0. The fraction of sp³-hybridized carbons (Fsp3) is 0.0161. The number of hydrogen-bond acceptors (Lipinski definition) is 3. The molecule has 304 valence electrons. The molecule has 0 N–H and O–H groups in total. The summed E-state index contributed by atoms with van der Waals surface area (Å²) in [7, 11) is 0. The van der Waals surface area contributed by atoms with Gasteiger partial charge in [-0.3, -0.25) is 0 Å². The van der Waals surface area contributed by atoms with Gasteiger partial charge in [0.05, 0.1) is 5.41 Å². The lowest BCUT2D eigenvalue weighted by atomic mass is 9.67. The first-order chi connectivity index (χ1) is 32.2. The van der Waals surface area contributed by atoms with E-state index in [-0.39, 0.29) is 0 Å². The Balaban J connectivity index is 1.07. The molecule has 1 heterocycles. The summed E-state index contributed by atoms with van der Waals surface area (Å²) in [5.74, 6) is 1.88. The van der Waals surface area contributed by atoms with Gasteiger partial charge in [-0.15, -0.1) is 0 Å². The summed E-state index contributed by atoms with van der Waals surface area (Å²) >= 11 is 0. The maximum Gasteiger partial charge on any atom is 0.164 e. The summed E-state index contributed by atoms with van der Waals surface area (Å²) in [6, 6.07) is 89.1. The van der Waals surface area contributed by atoms with Crippen molar-refractivity contribution < 1.29 is 0 Å². The van der Waals surface area contributed by atoms with Gasteiger partial charge in [0.15, 0.2) is 17.5 Å². The van der Waals surface area contributed by atoms with Crippen molar-refractivity contribution in [2.75, 3.05) is 0 Å². The number of fused-ring (bicyclic) bond motifs is 4. The molecular formula is C62H41N3. The van der Waals surface area contributed by atoms with Gasteiger partial charge < -0.3 is 0 Å². The van der Waals surface area contributed by atoms with Crippen molar-refractivity contribution in [1.29, 1.82) is 0 Å². The smallest absolute Gasteiger partial charge is 0.164 e. The topological polar surface area (TPSA) is 38.7 Å². The Kier molecular flexibility index (Phi) is 9.39.